The van der Waals surface area contributed by atoms with E-state index < -0.39 is 0 Å². The first-order valence-electron chi connectivity index (χ1n) is 5.58. The summed E-state index contributed by atoms with van der Waals surface area (Å²) in [4.78, 5) is 12.9. The van der Waals surface area contributed by atoms with Crippen molar-refractivity contribution in [2.24, 2.45) is 0 Å². The van der Waals surface area contributed by atoms with E-state index in [1.807, 2.05) is 6.92 Å². The third-order valence-corrected chi connectivity index (χ3v) is 2.65. The summed E-state index contributed by atoms with van der Waals surface area (Å²) < 4.78 is 18.7. The van der Waals surface area contributed by atoms with Crippen molar-refractivity contribution in [3.63, 3.8) is 0 Å². The molecule has 0 radical (unpaired) electrons. The lowest BCUT2D eigenvalue weighted by molar-refractivity contribution is 0.201. The molecule has 0 spiro atoms. The number of carbonyl (C=O) groups excluding carboxylic acids is 1. The first-order chi connectivity index (χ1) is 8.16. The van der Waals surface area contributed by atoms with Gasteiger partial charge in [-0.1, -0.05) is 6.07 Å². The Kier molecular flexibility index (Phi) is 3.46. The number of rotatable bonds is 4. The normalized spacial score (nSPS) is 14.9. The molecule has 5 heteroatoms. The molecule has 1 heterocycles. The SMILES string of the molecule is Cc1ccc(F)c(OCCN2CCNC2=O)c1. The molecule has 0 aliphatic carbocycles. The minimum atomic E-state index is -0.374. The van der Waals surface area contributed by atoms with E-state index in [9.17, 15) is 9.18 Å². The van der Waals surface area contributed by atoms with Gasteiger partial charge in [0, 0.05) is 13.1 Å². The summed E-state index contributed by atoms with van der Waals surface area (Å²) >= 11 is 0. The molecule has 1 N–H and O–H groups in total. The summed E-state index contributed by atoms with van der Waals surface area (Å²) in [6.07, 6.45) is 0. The molecule has 0 unspecified atom stereocenters. The average Bonchev–Trinajstić information content (AvgIpc) is 2.70. The van der Waals surface area contributed by atoms with Gasteiger partial charge in [0.1, 0.15) is 6.61 Å². The first-order valence-corrected chi connectivity index (χ1v) is 5.58. The van der Waals surface area contributed by atoms with Gasteiger partial charge in [0.2, 0.25) is 0 Å². The molecular weight excluding hydrogens is 223 g/mol. The number of nitrogens with zero attached hydrogens (tertiary/aromatic N) is 1. The highest BCUT2D eigenvalue weighted by atomic mass is 19.1. The van der Waals surface area contributed by atoms with Crippen molar-refractivity contribution in [1.82, 2.24) is 10.2 Å². The molecule has 4 nitrogen and oxygen atoms in total. The Balaban J connectivity index is 1.85. The Labute approximate surface area is 99.4 Å². The summed E-state index contributed by atoms with van der Waals surface area (Å²) in [5.41, 5.74) is 0.945. The lowest BCUT2D eigenvalue weighted by Gasteiger charge is -2.14. The monoisotopic (exact) mass is 238 g/mol. The minimum absolute atomic E-state index is 0.0849. The molecule has 2 amide bonds. The second-order valence-corrected chi connectivity index (χ2v) is 4.00. The second-order valence-electron chi connectivity index (χ2n) is 4.00. The maximum atomic E-state index is 13.3. The molecular formula is C12H15FN2O2. The van der Waals surface area contributed by atoms with E-state index >= 15 is 0 Å². The van der Waals surface area contributed by atoms with Gasteiger partial charge in [0.05, 0.1) is 6.54 Å². The summed E-state index contributed by atoms with van der Waals surface area (Å²) in [7, 11) is 0. The quantitative estimate of drug-likeness (QED) is 0.864. The Hall–Kier alpha value is -1.78. The third-order valence-electron chi connectivity index (χ3n) is 2.65. The number of ether oxygens (including phenoxy) is 1. The van der Waals surface area contributed by atoms with Crippen LogP contribution in [0.15, 0.2) is 18.2 Å². The zero-order valence-electron chi connectivity index (χ0n) is 9.70. The predicted octanol–water partition coefficient (Wildman–Crippen LogP) is 1.54. The Bertz CT molecular complexity index is 423. The van der Waals surface area contributed by atoms with Crippen molar-refractivity contribution in [3.05, 3.63) is 29.6 Å². The van der Waals surface area contributed by atoms with Gasteiger partial charge in [0.25, 0.3) is 0 Å². The fourth-order valence-corrected chi connectivity index (χ4v) is 1.71. The second kappa shape index (κ2) is 5.03. The lowest BCUT2D eigenvalue weighted by atomic mass is 10.2. The molecule has 0 bridgehead atoms. The summed E-state index contributed by atoms with van der Waals surface area (Å²) in [6, 6.07) is 4.64. The number of hydrogen-bond donors (Lipinski definition) is 1. The number of hydrogen-bond acceptors (Lipinski definition) is 2. The van der Waals surface area contributed by atoms with Gasteiger partial charge >= 0.3 is 6.03 Å². The van der Waals surface area contributed by atoms with Crippen LogP contribution in [0.1, 0.15) is 5.56 Å². The summed E-state index contributed by atoms with van der Waals surface area (Å²) in [5, 5.41) is 2.70. The van der Waals surface area contributed by atoms with Gasteiger partial charge in [0.15, 0.2) is 11.6 Å². The third kappa shape index (κ3) is 2.87. The topological polar surface area (TPSA) is 41.6 Å². The van der Waals surface area contributed by atoms with Crippen LogP contribution in [0, 0.1) is 12.7 Å². The van der Waals surface area contributed by atoms with Crippen LogP contribution in [0.3, 0.4) is 0 Å². The molecule has 0 aromatic heterocycles. The van der Waals surface area contributed by atoms with Crippen molar-refractivity contribution >= 4 is 6.03 Å². The zero-order chi connectivity index (χ0) is 12.3. The maximum Gasteiger partial charge on any atom is 0.317 e. The zero-order valence-corrected chi connectivity index (χ0v) is 9.70. The Morgan fingerprint density at radius 1 is 1.53 bits per heavy atom. The van der Waals surface area contributed by atoms with Crippen molar-refractivity contribution < 1.29 is 13.9 Å². The van der Waals surface area contributed by atoms with Crippen LogP contribution in [0.4, 0.5) is 9.18 Å². The van der Waals surface area contributed by atoms with Crippen molar-refractivity contribution in [1.29, 1.82) is 0 Å². The van der Waals surface area contributed by atoms with Crippen LogP contribution in [-0.2, 0) is 0 Å². The van der Waals surface area contributed by atoms with Gasteiger partial charge < -0.3 is 15.0 Å². The van der Waals surface area contributed by atoms with E-state index in [1.54, 1.807) is 17.0 Å². The first kappa shape index (κ1) is 11.7. The highest BCUT2D eigenvalue weighted by Gasteiger charge is 2.18. The number of aryl methyl sites for hydroxylation is 1. The van der Waals surface area contributed by atoms with E-state index in [0.29, 0.717) is 26.2 Å². The Morgan fingerprint density at radius 3 is 3.06 bits per heavy atom. The van der Waals surface area contributed by atoms with Crippen LogP contribution in [0.25, 0.3) is 0 Å². The number of benzene rings is 1. The molecule has 1 aromatic carbocycles. The number of carbonyl (C=O) groups is 1. The van der Waals surface area contributed by atoms with Crippen molar-refractivity contribution in [2.75, 3.05) is 26.2 Å². The molecule has 1 fully saturated rings. The van der Waals surface area contributed by atoms with Crippen LogP contribution in [0.2, 0.25) is 0 Å². The molecule has 1 aliphatic heterocycles. The fourth-order valence-electron chi connectivity index (χ4n) is 1.71. The molecule has 1 aliphatic rings. The number of urea groups is 1. The number of amides is 2. The molecule has 0 atom stereocenters. The van der Waals surface area contributed by atoms with Crippen molar-refractivity contribution in [2.45, 2.75) is 6.92 Å². The molecule has 92 valence electrons. The van der Waals surface area contributed by atoms with E-state index in [4.69, 9.17) is 4.74 Å². The van der Waals surface area contributed by atoms with E-state index in [2.05, 4.69) is 5.32 Å². The van der Waals surface area contributed by atoms with Gasteiger partial charge in [-0.2, -0.15) is 0 Å². The predicted molar refractivity (Wildman–Crippen MR) is 61.6 cm³/mol. The molecule has 1 saturated heterocycles. The van der Waals surface area contributed by atoms with Gasteiger partial charge in [-0.05, 0) is 24.6 Å². The van der Waals surface area contributed by atoms with E-state index in [-0.39, 0.29) is 17.6 Å². The highest BCUT2D eigenvalue weighted by molar-refractivity contribution is 5.76. The van der Waals surface area contributed by atoms with Gasteiger partial charge in [-0.25, -0.2) is 9.18 Å². The summed E-state index contributed by atoms with van der Waals surface area (Å²) in [5.74, 6) is -0.133. The van der Waals surface area contributed by atoms with E-state index in [1.165, 1.54) is 6.07 Å². The highest BCUT2D eigenvalue weighted by Crippen LogP contribution is 2.18. The standard InChI is InChI=1S/C12H15FN2O2/c1-9-2-3-10(13)11(8-9)17-7-6-15-5-4-14-12(15)16/h2-3,8H,4-7H2,1H3,(H,14,16). The van der Waals surface area contributed by atoms with Gasteiger partial charge in [-0.3, -0.25) is 0 Å². The lowest BCUT2D eigenvalue weighted by Crippen LogP contribution is -2.31. The number of halogens is 1. The Morgan fingerprint density at radius 2 is 2.35 bits per heavy atom. The average molecular weight is 238 g/mol. The molecule has 1 aromatic rings. The smallest absolute Gasteiger partial charge is 0.317 e. The van der Waals surface area contributed by atoms with Crippen LogP contribution in [0.5, 0.6) is 5.75 Å². The minimum Gasteiger partial charge on any atom is -0.489 e. The summed E-state index contributed by atoms with van der Waals surface area (Å²) in [6.45, 7) is 3.99. The number of nitrogens with one attached hydrogen (secondary N) is 1. The molecule has 0 saturated carbocycles. The van der Waals surface area contributed by atoms with E-state index in [0.717, 1.165) is 5.56 Å². The maximum absolute atomic E-state index is 13.3. The largest absolute Gasteiger partial charge is 0.489 e. The van der Waals surface area contributed by atoms with Crippen LogP contribution < -0.4 is 10.1 Å². The van der Waals surface area contributed by atoms with Gasteiger partial charge in [-0.15, -0.1) is 0 Å². The molecule has 17 heavy (non-hydrogen) atoms. The van der Waals surface area contributed by atoms with Crippen LogP contribution >= 0.6 is 0 Å². The fraction of sp³-hybridized carbons (Fsp3) is 0.417. The molecule has 2 rings (SSSR count). The van der Waals surface area contributed by atoms with Crippen LogP contribution in [-0.4, -0.2) is 37.2 Å². The van der Waals surface area contributed by atoms with Crippen molar-refractivity contribution in [3.8, 4) is 5.75 Å².